The summed E-state index contributed by atoms with van der Waals surface area (Å²) in [6.07, 6.45) is 7.70. The van der Waals surface area contributed by atoms with Crippen LogP contribution < -0.4 is 10.1 Å². The van der Waals surface area contributed by atoms with Crippen LogP contribution in [0.4, 0.5) is 5.69 Å². The standard InChI is InChI=1S/C26H30N2O2/c1-19(2)30-24-21-13-7-8-14-22(21)27-18-23(24)28-25(29)26(15-9-4-10-16-26)17-20-11-5-3-6-12-20/h3,5-8,11-14,18-19H,4,9-10,15-17H2,1-2H3,(H,28,29). The Morgan fingerprint density at radius 2 is 1.73 bits per heavy atom. The van der Waals surface area contributed by atoms with E-state index < -0.39 is 0 Å². The minimum absolute atomic E-state index is 0.000539. The summed E-state index contributed by atoms with van der Waals surface area (Å²) in [5.74, 6) is 0.784. The van der Waals surface area contributed by atoms with Crippen molar-refractivity contribution < 1.29 is 9.53 Å². The molecule has 0 unspecified atom stereocenters. The van der Waals surface area contributed by atoms with Gasteiger partial charge in [0.15, 0.2) is 5.75 Å². The minimum Gasteiger partial charge on any atom is -0.488 e. The Hall–Kier alpha value is -2.88. The van der Waals surface area contributed by atoms with Gasteiger partial charge < -0.3 is 10.1 Å². The highest BCUT2D eigenvalue weighted by molar-refractivity contribution is 6.00. The number of anilines is 1. The summed E-state index contributed by atoms with van der Waals surface area (Å²) in [7, 11) is 0. The smallest absolute Gasteiger partial charge is 0.231 e. The topological polar surface area (TPSA) is 51.2 Å². The number of carbonyl (C=O) groups is 1. The van der Waals surface area contributed by atoms with E-state index in [1.165, 1.54) is 12.0 Å². The predicted molar refractivity (Wildman–Crippen MR) is 122 cm³/mol. The van der Waals surface area contributed by atoms with Gasteiger partial charge in [0.25, 0.3) is 0 Å². The first-order chi connectivity index (χ1) is 14.6. The highest BCUT2D eigenvalue weighted by atomic mass is 16.5. The lowest BCUT2D eigenvalue weighted by atomic mass is 9.69. The highest BCUT2D eigenvalue weighted by Crippen LogP contribution is 2.42. The van der Waals surface area contributed by atoms with E-state index in [0.29, 0.717) is 11.4 Å². The molecule has 0 atom stereocenters. The Morgan fingerprint density at radius 1 is 1.03 bits per heavy atom. The Balaban J connectivity index is 1.67. The Kier molecular flexibility index (Phi) is 6.03. The SMILES string of the molecule is CC(C)Oc1c(NC(=O)C2(Cc3ccccc3)CCCCC2)cnc2ccccc12. The van der Waals surface area contributed by atoms with Gasteiger partial charge in [-0.2, -0.15) is 0 Å². The molecular weight excluding hydrogens is 372 g/mol. The molecule has 2 aromatic carbocycles. The molecule has 0 spiro atoms. The molecule has 1 saturated carbocycles. The van der Waals surface area contributed by atoms with Crippen LogP contribution in [0.5, 0.6) is 5.75 Å². The van der Waals surface area contributed by atoms with Gasteiger partial charge in [-0.15, -0.1) is 0 Å². The van der Waals surface area contributed by atoms with Crippen LogP contribution in [0.15, 0.2) is 60.8 Å². The molecule has 1 heterocycles. The number of benzene rings is 2. The predicted octanol–water partition coefficient (Wildman–Crippen LogP) is 6.15. The molecule has 0 aliphatic heterocycles. The van der Waals surface area contributed by atoms with E-state index in [1.807, 2.05) is 56.3 Å². The van der Waals surface area contributed by atoms with E-state index in [-0.39, 0.29) is 17.4 Å². The van der Waals surface area contributed by atoms with Crippen molar-refractivity contribution in [2.45, 2.75) is 58.5 Å². The van der Waals surface area contributed by atoms with Crippen LogP contribution in [-0.2, 0) is 11.2 Å². The number of nitrogens with one attached hydrogen (secondary N) is 1. The van der Waals surface area contributed by atoms with Crippen molar-refractivity contribution in [3.05, 3.63) is 66.4 Å². The number of ether oxygens (including phenoxy) is 1. The number of hydrogen-bond donors (Lipinski definition) is 1. The van der Waals surface area contributed by atoms with Crippen LogP contribution in [-0.4, -0.2) is 17.0 Å². The average molecular weight is 403 g/mol. The van der Waals surface area contributed by atoms with Gasteiger partial charge in [0.1, 0.15) is 5.69 Å². The van der Waals surface area contributed by atoms with Gasteiger partial charge in [-0.25, -0.2) is 0 Å². The molecule has 0 radical (unpaired) electrons. The van der Waals surface area contributed by atoms with Crippen molar-refractivity contribution in [2.75, 3.05) is 5.32 Å². The van der Waals surface area contributed by atoms with Gasteiger partial charge in [-0.05, 0) is 50.8 Å². The molecule has 30 heavy (non-hydrogen) atoms. The van der Waals surface area contributed by atoms with Crippen LogP contribution in [0.25, 0.3) is 10.9 Å². The lowest BCUT2D eigenvalue weighted by molar-refractivity contribution is -0.127. The van der Waals surface area contributed by atoms with E-state index in [0.717, 1.165) is 43.0 Å². The molecule has 1 fully saturated rings. The number of aromatic nitrogens is 1. The van der Waals surface area contributed by atoms with Crippen molar-refractivity contribution in [1.29, 1.82) is 0 Å². The molecule has 0 saturated heterocycles. The average Bonchev–Trinajstić information content (AvgIpc) is 2.76. The molecule has 156 valence electrons. The zero-order valence-electron chi connectivity index (χ0n) is 17.9. The molecule has 4 nitrogen and oxygen atoms in total. The van der Waals surface area contributed by atoms with Gasteiger partial charge >= 0.3 is 0 Å². The van der Waals surface area contributed by atoms with Gasteiger partial charge in [0.05, 0.1) is 23.2 Å². The summed E-state index contributed by atoms with van der Waals surface area (Å²) in [6, 6.07) is 18.3. The second kappa shape index (κ2) is 8.86. The summed E-state index contributed by atoms with van der Waals surface area (Å²) in [5, 5.41) is 4.13. The normalized spacial score (nSPS) is 15.8. The molecule has 0 bridgehead atoms. The Bertz CT molecular complexity index is 1010. The maximum Gasteiger partial charge on any atom is 0.231 e. The third-order valence-electron chi connectivity index (χ3n) is 6.01. The first-order valence-corrected chi connectivity index (χ1v) is 11.0. The fourth-order valence-corrected chi connectivity index (χ4v) is 4.52. The van der Waals surface area contributed by atoms with Crippen molar-refractivity contribution in [3.63, 3.8) is 0 Å². The fraction of sp³-hybridized carbons (Fsp3) is 0.385. The second-order valence-electron chi connectivity index (χ2n) is 8.64. The van der Waals surface area contributed by atoms with Crippen LogP contribution in [0.2, 0.25) is 0 Å². The first kappa shape index (κ1) is 20.4. The second-order valence-corrected chi connectivity index (χ2v) is 8.64. The van der Waals surface area contributed by atoms with Crippen LogP contribution >= 0.6 is 0 Å². The molecule has 1 N–H and O–H groups in total. The third kappa shape index (κ3) is 4.33. The van der Waals surface area contributed by atoms with E-state index in [4.69, 9.17) is 4.74 Å². The fourth-order valence-electron chi connectivity index (χ4n) is 4.52. The zero-order valence-corrected chi connectivity index (χ0v) is 17.9. The van der Waals surface area contributed by atoms with Gasteiger partial charge in [-0.1, -0.05) is 61.7 Å². The van der Waals surface area contributed by atoms with Crippen LogP contribution in [0.1, 0.15) is 51.5 Å². The summed E-state index contributed by atoms with van der Waals surface area (Å²) in [4.78, 5) is 18.2. The summed E-state index contributed by atoms with van der Waals surface area (Å²) < 4.78 is 6.14. The zero-order chi connectivity index (χ0) is 21.0. The number of fused-ring (bicyclic) bond motifs is 1. The number of amides is 1. The Labute approximate surface area is 178 Å². The number of para-hydroxylation sites is 1. The van der Waals surface area contributed by atoms with E-state index in [1.54, 1.807) is 6.20 Å². The number of rotatable bonds is 6. The van der Waals surface area contributed by atoms with Gasteiger partial charge in [0, 0.05) is 5.39 Å². The molecule has 1 aliphatic rings. The van der Waals surface area contributed by atoms with E-state index in [2.05, 4.69) is 22.4 Å². The molecular formula is C26H30N2O2. The molecule has 3 aromatic rings. The molecule has 1 aliphatic carbocycles. The van der Waals surface area contributed by atoms with E-state index in [9.17, 15) is 4.79 Å². The van der Waals surface area contributed by atoms with Gasteiger partial charge in [0.2, 0.25) is 5.91 Å². The summed E-state index contributed by atoms with van der Waals surface area (Å²) in [5.41, 5.74) is 2.35. The van der Waals surface area contributed by atoms with Crippen molar-refractivity contribution in [3.8, 4) is 5.75 Å². The van der Waals surface area contributed by atoms with Gasteiger partial charge in [-0.3, -0.25) is 9.78 Å². The summed E-state index contributed by atoms with van der Waals surface area (Å²) >= 11 is 0. The number of nitrogens with zero attached hydrogens (tertiary/aromatic N) is 1. The van der Waals surface area contributed by atoms with Crippen LogP contribution in [0.3, 0.4) is 0 Å². The van der Waals surface area contributed by atoms with Crippen molar-refractivity contribution >= 4 is 22.5 Å². The summed E-state index contributed by atoms with van der Waals surface area (Å²) in [6.45, 7) is 4.00. The number of pyridine rings is 1. The Morgan fingerprint density at radius 3 is 2.47 bits per heavy atom. The monoisotopic (exact) mass is 402 g/mol. The quantitative estimate of drug-likeness (QED) is 0.538. The first-order valence-electron chi connectivity index (χ1n) is 11.0. The lowest BCUT2D eigenvalue weighted by Gasteiger charge is -2.36. The minimum atomic E-state index is -0.389. The van der Waals surface area contributed by atoms with Crippen molar-refractivity contribution in [1.82, 2.24) is 4.98 Å². The number of carbonyl (C=O) groups excluding carboxylic acids is 1. The molecule has 1 aromatic heterocycles. The largest absolute Gasteiger partial charge is 0.488 e. The van der Waals surface area contributed by atoms with E-state index >= 15 is 0 Å². The van der Waals surface area contributed by atoms with Crippen molar-refractivity contribution in [2.24, 2.45) is 5.41 Å². The van der Waals surface area contributed by atoms with Crippen LogP contribution in [0, 0.1) is 5.41 Å². The maximum atomic E-state index is 13.7. The third-order valence-corrected chi connectivity index (χ3v) is 6.01. The lowest BCUT2D eigenvalue weighted by Crippen LogP contribution is -2.40. The maximum absolute atomic E-state index is 13.7. The number of hydrogen-bond acceptors (Lipinski definition) is 3. The highest BCUT2D eigenvalue weighted by Gasteiger charge is 2.40. The molecule has 1 amide bonds. The molecule has 4 heteroatoms. The molecule has 4 rings (SSSR count).